The number of benzene rings is 9. The standard InChI is InChI=1S/C48H26N4O2/c1-2-11-29(12-3-1)48-49-42-36-15-8-16-39-40(36)41-37(44(42)54-48)23-24-38(43(41)53-39)47-51-45(32-20-17-27-9-4-5-13-30(27)25-32)50-46(52-47)33-21-22-35-31(26-33)19-18-28-10-6-7-14-34(28)35/h1-26H. The number of oxazole rings is 1. The van der Waals surface area contributed by atoms with Gasteiger partial charge in [0.1, 0.15) is 16.7 Å². The largest absolute Gasteiger partial charge is 0.455 e. The van der Waals surface area contributed by atoms with E-state index in [4.69, 9.17) is 28.8 Å². The third-order valence-electron chi connectivity index (χ3n) is 10.7. The Morgan fingerprint density at radius 1 is 0.352 bits per heavy atom. The van der Waals surface area contributed by atoms with Gasteiger partial charge < -0.3 is 8.83 Å². The van der Waals surface area contributed by atoms with E-state index in [2.05, 4.69) is 109 Å². The Hall–Kier alpha value is -7.44. The second-order valence-electron chi connectivity index (χ2n) is 13.8. The highest BCUT2D eigenvalue weighted by atomic mass is 16.3. The van der Waals surface area contributed by atoms with Crippen molar-refractivity contribution in [3.8, 4) is 45.6 Å². The summed E-state index contributed by atoms with van der Waals surface area (Å²) in [6.45, 7) is 0. The molecule has 0 N–H and O–H groups in total. The summed E-state index contributed by atoms with van der Waals surface area (Å²) in [5.41, 5.74) is 6.53. The molecule has 54 heavy (non-hydrogen) atoms. The minimum absolute atomic E-state index is 0.530. The molecule has 12 rings (SSSR count). The molecule has 3 heterocycles. The second kappa shape index (κ2) is 11.0. The number of furan rings is 1. The van der Waals surface area contributed by atoms with Crippen molar-refractivity contribution in [3.63, 3.8) is 0 Å². The first-order chi connectivity index (χ1) is 26.7. The van der Waals surface area contributed by atoms with Crippen molar-refractivity contribution >= 4 is 76.1 Å². The summed E-state index contributed by atoms with van der Waals surface area (Å²) in [6.07, 6.45) is 0. The number of aromatic nitrogens is 4. The van der Waals surface area contributed by atoms with Crippen LogP contribution in [0.3, 0.4) is 0 Å². The summed E-state index contributed by atoms with van der Waals surface area (Å²) >= 11 is 0. The van der Waals surface area contributed by atoms with Crippen LogP contribution in [0.5, 0.6) is 0 Å². The van der Waals surface area contributed by atoms with Crippen molar-refractivity contribution in [3.05, 3.63) is 158 Å². The van der Waals surface area contributed by atoms with E-state index in [0.717, 1.165) is 76.6 Å². The molecule has 0 radical (unpaired) electrons. The molecule has 6 heteroatoms. The van der Waals surface area contributed by atoms with Crippen molar-refractivity contribution in [2.75, 3.05) is 0 Å². The molecular formula is C48H26N4O2. The van der Waals surface area contributed by atoms with Gasteiger partial charge in [-0.2, -0.15) is 0 Å². The molecule has 0 aliphatic heterocycles. The molecule has 250 valence electrons. The highest BCUT2D eigenvalue weighted by Gasteiger charge is 2.25. The van der Waals surface area contributed by atoms with Gasteiger partial charge in [-0.15, -0.1) is 0 Å². The molecule has 0 bridgehead atoms. The van der Waals surface area contributed by atoms with Crippen LogP contribution >= 0.6 is 0 Å². The lowest BCUT2D eigenvalue weighted by molar-refractivity contribution is 0.623. The average molecular weight is 691 g/mol. The molecule has 0 spiro atoms. The summed E-state index contributed by atoms with van der Waals surface area (Å²) in [5, 5.41) is 10.9. The van der Waals surface area contributed by atoms with Gasteiger partial charge in [-0.25, -0.2) is 19.9 Å². The summed E-state index contributed by atoms with van der Waals surface area (Å²) in [4.78, 5) is 20.5. The van der Waals surface area contributed by atoms with E-state index in [0.29, 0.717) is 28.9 Å². The SMILES string of the molecule is c1ccc(-c2nc3c4cccc5oc6c(-c7nc(-c8ccc9ccccc9c8)nc(-c8ccc9c(ccc%10ccccc%109)c8)n7)ccc(c3o2)c6c54)cc1. The van der Waals surface area contributed by atoms with Gasteiger partial charge in [-0.3, -0.25) is 0 Å². The third kappa shape index (κ3) is 4.28. The lowest BCUT2D eigenvalue weighted by Crippen LogP contribution is -2.00. The Morgan fingerprint density at radius 3 is 1.87 bits per heavy atom. The summed E-state index contributed by atoms with van der Waals surface area (Å²) < 4.78 is 13.3. The first-order valence-electron chi connectivity index (χ1n) is 18.0. The van der Waals surface area contributed by atoms with Gasteiger partial charge in [0.2, 0.25) is 5.89 Å². The van der Waals surface area contributed by atoms with Gasteiger partial charge in [-0.1, -0.05) is 115 Å². The Morgan fingerprint density at radius 2 is 1.00 bits per heavy atom. The van der Waals surface area contributed by atoms with Crippen LogP contribution in [-0.4, -0.2) is 19.9 Å². The molecule has 0 saturated heterocycles. The molecule has 3 aromatic heterocycles. The normalized spacial score (nSPS) is 12.1. The van der Waals surface area contributed by atoms with Crippen molar-refractivity contribution in [1.29, 1.82) is 0 Å². The molecule has 0 aliphatic rings. The van der Waals surface area contributed by atoms with E-state index in [9.17, 15) is 0 Å². The molecule has 0 amide bonds. The van der Waals surface area contributed by atoms with Gasteiger partial charge >= 0.3 is 0 Å². The lowest BCUT2D eigenvalue weighted by Gasteiger charge is -2.11. The van der Waals surface area contributed by atoms with Gasteiger partial charge in [-0.05, 0) is 74.8 Å². The van der Waals surface area contributed by atoms with Gasteiger partial charge in [0, 0.05) is 38.2 Å². The summed E-state index contributed by atoms with van der Waals surface area (Å²) in [5.74, 6) is 2.29. The minimum atomic E-state index is 0.530. The maximum absolute atomic E-state index is 6.73. The number of nitrogens with zero attached hydrogens (tertiary/aromatic N) is 4. The van der Waals surface area contributed by atoms with Crippen LogP contribution < -0.4 is 0 Å². The minimum Gasteiger partial charge on any atom is -0.455 e. The van der Waals surface area contributed by atoms with E-state index in [1.54, 1.807) is 0 Å². The zero-order chi connectivity index (χ0) is 35.3. The summed E-state index contributed by atoms with van der Waals surface area (Å²) in [6, 6.07) is 54.2. The molecule has 12 aromatic rings. The number of rotatable bonds is 4. The molecule has 0 saturated carbocycles. The zero-order valence-corrected chi connectivity index (χ0v) is 28.6. The fraction of sp³-hybridized carbons (Fsp3) is 0. The zero-order valence-electron chi connectivity index (χ0n) is 28.6. The number of fused-ring (bicyclic) bond motifs is 7. The van der Waals surface area contributed by atoms with Crippen LogP contribution in [0.15, 0.2) is 167 Å². The van der Waals surface area contributed by atoms with Crippen LogP contribution in [0.4, 0.5) is 0 Å². The van der Waals surface area contributed by atoms with Gasteiger partial charge in [0.05, 0.1) is 5.56 Å². The predicted octanol–water partition coefficient (Wildman–Crippen LogP) is 12.6. The highest BCUT2D eigenvalue weighted by molar-refractivity contribution is 6.32. The van der Waals surface area contributed by atoms with Crippen LogP contribution in [0.1, 0.15) is 0 Å². The molecular weight excluding hydrogens is 665 g/mol. The molecule has 0 atom stereocenters. The van der Waals surface area contributed by atoms with Crippen molar-refractivity contribution < 1.29 is 8.83 Å². The number of hydrogen-bond donors (Lipinski definition) is 0. The Kier molecular flexibility index (Phi) is 5.96. The molecule has 6 nitrogen and oxygen atoms in total. The Balaban J connectivity index is 1.11. The van der Waals surface area contributed by atoms with E-state index >= 15 is 0 Å². The number of hydrogen-bond acceptors (Lipinski definition) is 6. The van der Waals surface area contributed by atoms with E-state index < -0.39 is 0 Å². The van der Waals surface area contributed by atoms with E-state index in [1.165, 1.54) is 16.2 Å². The Labute approximate surface area is 307 Å². The van der Waals surface area contributed by atoms with Crippen LogP contribution in [0, 0.1) is 0 Å². The maximum atomic E-state index is 6.73. The third-order valence-corrected chi connectivity index (χ3v) is 10.7. The van der Waals surface area contributed by atoms with Crippen molar-refractivity contribution in [2.24, 2.45) is 0 Å². The molecule has 0 unspecified atom stereocenters. The van der Waals surface area contributed by atoms with E-state index in [1.807, 2.05) is 48.5 Å². The monoisotopic (exact) mass is 690 g/mol. The molecule has 0 fully saturated rings. The van der Waals surface area contributed by atoms with Gasteiger partial charge in [0.15, 0.2) is 23.1 Å². The van der Waals surface area contributed by atoms with Crippen molar-refractivity contribution in [1.82, 2.24) is 19.9 Å². The first kappa shape index (κ1) is 29.2. The molecule has 9 aromatic carbocycles. The average Bonchev–Trinajstić information content (AvgIpc) is 3.87. The van der Waals surface area contributed by atoms with E-state index in [-0.39, 0.29) is 0 Å². The van der Waals surface area contributed by atoms with Crippen LogP contribution in [-0.2, 0) is 0 Å². The topological polar surface area (TPSA) is 77.8 Å². The molecule has 0 aliphatic carbocycles. The summed E-state index contributed by atoms with van der Waals surface area (Å²) in [7, 11) is 0. The van der Waals surface area contributed by atoms with Crippen molar-refractivity contribution in [2.45, 2.75) is 0 Å². The first-order valence-corrected chi connectivity index (χ1v) is 18.0. The quantitative estimate of drug-likeness (QED) is 0.171. The predicted molar refractivity (Wildman–Crippen MR) is 218 cm³/mol. The Bertz CT molecular complexity index is 3460. The highest BCUT2D eigenvalue weighted by Crippen LogP contribution is 2.46. The maximum Gasteiger partial charge on any atom is 0.227 e. The van der Waals surface area contributed by atoms with Crippen LogP contribution in [0.2, 0.25) is 0 Å². The lowest BCUT2D eigenvalue weighted by atomic mass is 9.98. The fourth-order valence-electron chi connectivity index (χ4n) is 8.11. The second-order valence-corrected chi connectivity index (χ2v) is 13.8. The van der Waals surface area contributed by atoms with Crippen LogP contribution in [0.25, 0.3) is 122 Å². The van der Waals surface area contributed by atoms with Gasteiger partial charge in [0.25, 0.3) is 0 Å². The fourth-order valence-corrected chi connectivity index (χ4v) is 8.11. The smallest absolute Gasteiger partial charge is 0.227 e.